The molecule has 18 heavy (non-hydrogen) atoms. The molecule has 2 rings (SSSR count). The molecule has 1 aromatic carbocycles. The van der Waals surface area contributed by atoms with Crippen LogP contribution in [-0.4, -0.2) is 24.2 Å². The zero-order valence-corrected chi connectivity index (χ0v) is 10.3. The maximum absolute atomic E-state index is 6.18. The van der Waals surface area contributed by atoms with Gasteiger partial charge in [-0.1, -0.05) is 12.1 Å². The third-order valence-electron chi connectivity index (χ3n) is 2.67. The lowest BCUT2D eigenvalue weighted by atomic mass is 10.0. The maximum Gasteiger partial charge on any atom is 0.165 e. The van der Waals surface area contributed by atoms with Crippen LogP contribution in [0.15, 0.2) is 36.8 Å². The Morgan fingerprint density at radius 3 is 2.61 bits per heavy atom. The summed E-state index contributed by atoms with van der Waals surface area (Å²) >= 11 is 0. The molecular formula is C13H15N3O2. The number of nitrogens with zero attached hydrogens (tertiary/aromatic N) is 2. The van der Waals surface area contributed by atoms with Gasteiger partial charge in [0.25, 0.3) is 0 Å². The molecule has 0 aliphatic rings. The average Bonchev–Trinajstić information content (AvgIpc) is 2.46. The van der Waals surface area contributed by atoms with Gasteiger partial charge in [-0.15, -0.1) is 0 Å². The molecule has 0 spiro atoms. The van der Waals surface area contributed by atoms with Crippen molar-refractivity contribution in [2.24, 2.45) is 5.73 Å². The van der Waals surface area contributed by atoms with Crippen molar-refractivity contribution in [1.29, 1.82) is 0 Å². The Bertz CT molecular complexity index is 517. The van der Waals surface area contributed by atoms with E-state index in [0.29, 0.717) is 17.2 Å². The van der Waals surface area contributed by atoms with Crippen LogP contribution in [0.5, 0.6) is 11.5 Å². The van der Waals surface area contributed by atoms with Gasteiger partial charge >= 0.3 is 0 Å². The van der Waals surface area contributed by atoms with E-state index in [1.54, 1.807) is 32.8 Å². The monoisotopic (exact) mass is 245 g/mol. The van der Waals surface area contributed by atoms with Gasteiger partial charge in [0.05, 0.1) is 32.2 Å². The number of hydrogen-bond acceptors (Lipinski definition) is 5. The minimum absolute atomic E-state index is 0.399. The molecule has 0 fully saturated rings. The van der Waals surface area contributed by atoms with Crippen LogP contribution >= 0.6 is 0 Å². The molecule has 1 unspecified atom stereocenters. The van der Waals surface area contributed by atoms with Crippen molar-refractivity contribution in [2.75, 3.05) is 14.2 Å². The lowest BCUT2D eigenvalue weighted by molar-refractivity contribution is 0.350. The molecule has 0 amide bonds. The first-order valence-corrected chi connectivity index (χ1v) is 5.50. The van der Waals surface area contributed by atoms with Crippen LogP contribution in [0.4, 0.5) is 0 Å². The Morgan fingerprint density at radius 1 is 1.17 bits per heavy atom. The van der Waals surface area contributed by atoms with Gasteiger partial charge in [-0.3, -0.25) is 9.97 Å². The molecule has 1 aromatic heterocycles. The lowest BCUT2D eigenvalue weighted by Gasteiger charge is -2.17. The Hall–Kier alpha value is -2.14. The van der Waals surface area contributed by atoms with Gasteiger partial charge in [0.1, 0.15) is 0 Å². The van der Waals surface area contributed by atoms with E-state index < -0.39 is 6.04 Å². The van der Waals surface area contributed by atoms with E-state index in [9.17, 15) is 0 Å². The van der Waals surface area contributed by atoms with Gasteiger partial charge in [0.2, 0.25) is 0 Å². The fourth-order valence-corrected chi connectivity index (χ4v) is 1.79. The first-order valence-electron chi connectivity index (χ1n) is 5.50. The second kappa shape index (κ2) is 5.46. The molecule has 0 radical (unpaired) electrons. The fourth-order valence-electron chi connectivity index (χ4n) is 1.79. The van der Waals surface area contributed by atoms with E-state index in [-0.39, 0.29) is 0 Å². The zero-order chi connectivity index (χ0) is 13.0. The average molecular weight is 245 g/mol. The summed E-state index contributed by atoms with van der Waals surface area (Å²) in [4.78, 5) is 8.22. The van der Waals surface area contributed by atoms with E-state index in [1.165, 1.54) is 0 Å². The van der Waals surface area contributed by atoms with Gasteiger partial charge in [-0.25, -0.2) is 0 Å². The molecular weight excluding hydrogens is 230 g/mol. The van der Waals surface area contributed by atoms with Crippen molar-refractivity contribution in [3.63, 3.8) is 0 Å². The third kappa shape index (κ3) is 2.26. The molecule has 1 heterocycles. The van der Waals surface area contributed by atoms with Gasteiger partial charge < -0.3 is 15.2 Å². The predicted octanol–water partition coefficient (Wildman–Crippen LogP) is 1.54. The van der Waals surface area contributed by atoms with Crippen LogP contribution in [-0.2, 0) is 0 Å². The summed E-state index contributed by atoms with van der Waals surface area (Å²) in [5.74, 6) is 1.27. The molecule has 0 saturated carbocycles. The quantitative estimate of drug-likeness (QED) is 0.884. The van der Waals surface area contributed by atoms with E-state index in [0.717, 1.165) is 5.56 Å². The number of benzene rings is 1. The summed E-state index contributed by atoms with van der Waals surface area (Å²) in [6.45, 7) is 0. The first kappa shape index (κ1) is 12.3. The van der Waals surface area contributed by atoms with Gasteiger partial charge in [-0.2, -0.15) is 0 Å². The smallest absolute Gasteiger partial charge is 0.165 e. The molecule has 2 aromatic rings. The van der Waals surface area contributed by atoms with Crippen LogP contribution in [0.25, 0.3) is 0 Å². The molecule has 2 N–H and O–H groups in total. The van der Waals surface area contributed by atoms with Gasteiger partial charge in [0.15, 0.2) is 11.5 Å². The Kier molecular flexibility index (Phi) is 3.74. The highest BCUT2D eigenvalue weighted by atomic mass is 16.5. The van der Waals surface area contributed by atoms with Gasteiger partial charge in [-0.05, 0) is 6.07 Å². The molecule has 1 atom stereocenters. The summed E-state index contributed by atoms with van der Waals surface area (Å²) in [7, 11) is 3.18. The molecule has 0 aliphatic carbocycles. The highest BCUT2D eigenvalue weighted by Crippen LogP contribution is 2.35. The largest absolute Gasteiger partial charge is 0.493 e. The maximum atomic E-state index is 6.18. The number of nitrogens with two attached hydrogens (primary N) is 1. The molecule has 5 heteroatoms. The van der Waals surface area contributed by atoms with Crippen LogP contribution in [0.2, 0.25) is 0 Å². The highest BCUT2D eigenvalue weighted by molar-refractivity contribution is 5.49. The number of aromatic nitrogens is 2. The summed E-state index contributed by atoms with van der Waals surface area (Å²) in [5.41, 5.74) is 7.68. The molecule has 0 aliphatic heterocycles. The van der Waals surface area contributed by atoms with Crippen molar-refractivity contribution in [3.05, 3.63) is 48.0 Å². The van der Waals surface area contributed by atoms with Crippen LogP contribution in [0.3, 0.4) is 0 Å². The molecule has 94 valence electrons. The van der Waals surface area contributed by atoms with Crippen molar-refractivity contribution < 1.29 is 9.47 Å². The molecule has 0 bridgehead atoms. The van der Waals surface area contributed by atoms with Crippen molar-refractivity contribution >= 4 is 0 Å². The summed E-state index contributed by atoms with van der Waals surface area (Å²) in [5, 5.41) is 0. The topological polar surface area (TPSA) is 70.3 Å². The third-order valence-corrected chi connectivity index (χ3v) is 2.67. The molecule has 5 nitrogen and oxygen atoms in total. The highest BCUT2D eigenvalue weighted by Gasteiger charge is 2.18. The first-order chi connectivity index (χ1) is 8.77. The van der Waals surface area contributed by atoms with Crippen LogP contribution in [0, 0.1) is 0 Å². The van der Waals surface area contributed by atoms with Crippen molar-refractivity contribution in [1.82, 2.24) is 9.97 Å². The zero-order valence-electron chi connectivity index (χ0n) is 10.3. The number of rotatable bonds is 4. The van der Waals surface area contributed by atoms with Crippen molar-refractivity contribution in [3.8, 4) is 11.5 Å². The fraction of sp³-hybridized carbons (Fsp3) is 0.231. The van der Waals surface area contributed by atoms with E-state index in [1.807, 2.05) is 18.2 Å². The number of hydrogen-bond donors (Lipinski definition) is 1. The van der Waals surface area contributed by atoms with E-state index in [4.69, 9.17) is 15.2 Å². The van der Waals surface area contributed by atoms with Crippen LogP contribution < -0.4 is 15.2 Å². The SMILES string of the molecule is COc1cccc(C(N)c2cnccn2)c1OC. The van der Waals surface area contributed by atoms with E-state index >= 15 is 0 Å². The standard InChI is InChI=1S/C13H15N3O2/c1-17-11-5-3-4-9(13(11)18-2)12(14)10-8-15-6-7-16-10/h3-8,12H,14H2,1-2H3. The number of methoxy groups -OCH3 is 2. The second-order valence-corrected chi connectivity index (χ2v) is 3.69. The second-order valence-electron chi connectivity index (χ2n) is 3.69. The summed E-state index contributed by atoms with van der Waals surface area (Å²) in [6.07, 6.45) is 4.87. The van der Waals surface area contributed by atoms with E-state index in [2.05, 4.69) is 9.97 Å². The normalized spacial score (nSPS) is 11.9. The van der Waals surface area contributed by atoms with Crippen LogP contribution in [0.1, 0.15) is 17.3 Å². The Balaban J connectivity index is 2.45. The minimum Gasteiger partial charge on any atom is -0.493 e. The summed E-state index contributed by atoms with van der Waals surface area (Å²) in [6, 6.07) is 5.18. The van der Waals surface area contributed by atoms with Gasteiger partial charge in [0, 0.05) is 18.0 Å². The minimum atomic E-state index is -0.399. The predicted molar refractivity (Wildman–Crippen MR) is 67.6 cm³/mol. The Morgan fingerprint density at radius 2 is 2.00 bits per heavy atom. The van der Waals surface area contributed by atoms with Crippen molar-refractivity contribution in [2.45, 2.75) is 6.04 Å². The molecule has 0 saturated heterocycles. The summed E-state index contributed by atoms with van der Waals surface area (Å²) < 4.78 is 10.6. The number of ether oxygens (including phenoxy) is 2. The Labute approximate surface area is 106 Å². The number of para-hydroxylation sites is 1. The lowest BCUT2D eigenvalue weighted by Crippen LogP contribution is -2.15.